The van der Waals surface area contributed by atoms with E-state index < -0.39 is 0 Å². The van der Waals surface area contributed by atoms with Gasteiger partial charge in [-0.25, -0.2) is 0 Å². The lowest BCUT2D eigenvalue weighted by Gasteiger charge is -2.41. The Hall–Kier alpha value is -0.970. The van der Waals surface area contributed by atoms with Gasteiger partial charge in [0.15, 0.2) is 0 Å². The van der Waals surface area contributed by atoms with Crippen molar-refractivity contribution in [3.8, 4) is 0 Å². The molecule has 0 unspecified atom stereocenters. The van der Waals surface area contributed by atoms with Crippen LogP contribution in [0.4, 0.5) is 0 Å². The van der Waals surface area contributed by atoms with E-state index in [1.165, 1.54) is 38.2 Å². The molecule has 0 amide bonds. The average Bonchev–Trinajstić information content (AvgIpc) is 2.81. The summed E-state index contributed by atoms with van der Waals surface area (Å²) in [5.74, 6) is 0.667. The predicted molar refractivity (Wildman–Crippen MR) is 84.0 cm³/mol. The van der Waals surface area contributed by atoms with E-state index in [2.05, 4.69) is 34.0 Å². The largest absolute Gasteiger partial charge is 0.384 e. The monoisotopic (exact) mass is 289 g/mol. The molecule has 0 N–H and O–H groups in total. The van der Waals surface area contributed by atoms with Crippen molar-refractivity contribution in [3.63, 3.8) is 0 Å². The molecule has 21 heavy (non-hydrogen) atoms. The molecule has 4 heteroatoms. The maximum absolute atomic E-state index is 5.52. The van der Waals surface area contributed by atoms with E-state index in [0.717, 1.165) is 19.7 Å². The summed E-state index contributed by atoms with van der Waals surface area (Å²) in [6.45, 7) is 6.65. The number of pyridine rings is 1. The molecule has 2 aliphatic rings. The summed E-state index contributed by atoms with van der Waals surface area (Å²) in [6, 6.07) is 6.20. The van der Waals surface area contributed by atoms with Crippen LogP contribution in [0.1, 0.15) is 18.5 Å². The predicted octanol–water partition coefficient (Wildman–Crippen LogP) is 1.87. The summed E-state index contributed by atoms with van der Waals surface area (Å²) in [7, 11) is 4.07. The van der Waals surface area contributed by atoms with Gasteiger partial charge in [-0.05, 0) is 50.5 Å². The number of ether oxygens (including phenoxy) is 1. The Morgan fingerprint density at radius 1 is 1.33 bits per heavy atom. The van der Waals surface area contributed by atoms with Gasteiger partial charge in [0.05, 0.1) is 12.3 Å². The fraction of sp³-hybridized carbons (Fsp3) is 0.706. The molecule has 2 aliphatic heterocycles. The Balaban J connectivity index is 1.69. The summed E-state index contributed by atoms with van der Waals surface area (Å²) >= 11 is 0. The van der Waals surface area contributed by atoms with Gasteiger partial charge in [0, 0.05) is 38.9 Å². The molecule has 1 spiro atoms. The average molecular weight is 289 g/mol. The Morgan fingerprint density at radius 2 is 2.14 bits per heavy atom. The van der Waals surface area contributed by atoms with Crippen LogP contribution in [0, 0.1) is 11.3 Å². The molecule has 3 heterocycles. The normalized spacial score (nSPS) is 26.5. The summed E-state index contributed by atoms with van der Waals surface area (Å²) in [5, 5.41) is 0. The van der Waals surface area contributed by atoms with Gasteiger partial charge in [0.1, 0.15) is 0 Å². The number of methoxy groups -OCH3 is 1. The molecule has 1 aromatic heterocycles. The number of hydrogen-bond donors (Lipinski definition) is 0. The van der Waals surface area contributed by atoms with Crippen LogP contribution in [0.5, 0.6) is 0 Å². The molecule has 4 nitrogen and oxygen atoms in total. The van der Waals surface area contributed by atoms with E-state index >= 15 is 0 Å². The molecular formula is C17H27N3O. The maximum atomic E-state index is 5.52. The Bertz CT molecular complexity index is 443. The van der Waals surface area contributed by atoms with Crippen LogP contribution < -0.4 is 0 Å². The SMILES string of the molecule is COC[C@@H]1CN(Cc2ccccn2)CC12CCN(C)CC2. The second kappa shape index (κ2) is 6.42. The van der Waals surface area contributed by atoms with Gasteiger partial charge < -0.3 is 9.64 Å². The highest BCUT2D eigenvalue weighted by Crippen LogP contribution is 2.44. The van der Waals surface area contributed by atoms with Gasteiger partial charge in [-0.1, -0.05) is 6.07 Å². The Morgan fingerprint density at radius 3 is 2.81 bits per heavy atom. The van der Waals surface area contributed by atoms with E-state index in [9.17, 15) is 0 Å². The summed E-state index contributed by atoms with van der Waals surface area (Å²) in [5.41, 5.74) is 1.63. The second-order valence-electron chi connectivity index (χ2n) is 6.81. The highest BCUT2D eigenvalue weighted by Gasteiger charge is 2.47. The zero-order valence-electron chi connectivity index (χ0n) is 13.3. The standard InChI is InChI=1S/C17H27N3O/c1-19-9-6-17(7-10-19)14-20(11-15(17)13-21-2)12-16-5-3-4-8-18-16/h3-5,8,15H,6-7,9-14H2,1-2H3/t15-/m0/s1. The quantitative estimate of drug-likeness (QED) is 0.846. The number of hydrogen-bond acceptors (Lipinski definition) is 4. The van der Waals surface area contributed by atoms with Gasteiger partial charge in [0.2, 0.25) is 0 Å². The van der Waals surface area contributed by atoms with E-state index in [0.29, 0.717) is 11.3 Å². The Labute approximate surface area is 128 Å². The molecule has 2 fully saturated rings. The van der Waals surface area contributed by atoms with Crippen molar-refractivity contribution in [2.75, 3.05) is 46.9 Å². The third-order valence-corrected chi connectivity index (χ3v) is 5.35. The van der Waals surface area contributed by atoms with Gasteiger partial charge in [-0.3, -0.25) is 9.88 Å². The zero-order valence-corrected chi connectivity index (χ0v) is 13.3. The van der Waals surface area contributed by atoms with Crippen LogP contribution >= 0.6 is 0 Å². The fourth-order valence-corrected chi connectivity index (χ4v) is 4.05. The third-order valence-electron chi connectivity index (χ3n) is 5.35. The van der Waals surface area contributed by atoms with Gasteiger partial charge >= 0.3 is 0 Å². The lowest BCUT2D eigenvalue weighted by molar-refractivity contribution is 0.0448. The van der Waals surface area contributed by atoms with Crippen molar-refractivity contribution in [1.29, 1.82) is 0 Å². The zero-order chi connectivity index (χ0) is 14.7. The number of nitrogens with zero attached hydrogens (tertiary/aromatic N) is 3. The second-order valence-corrected chi connectivity index (χ2v) is 6.81. The van der Waals surface area contributed by atoms with E-state index in [4.69, 9.17) is 4.74 Å². The van der Waals surface area contributed by atoms with E-state index in [-0.39, 0.29) is 0 Å². The van der Waals surface area contributed by atoms with Crippen LogP contribution in [0.3, 0.4) is 0 Å². The van der Waals surface area contributed by atoms with Gasteiger partial charge in [-0.15, -0.1) is 0 Å². The molecule has 3 rings (SSSR count). The first kappa shape index (κ1) is 14.9. The number of rotatable bonds is 4. The molecule has 0 aromatic carbocycles. The molecule has 0 aliphatic carbocycles. The first-order chi connectivity index (χ1) is 10.2. The van der Waals surface area contributed by atoms with Crippen molar-refractivity contribution < 1.29 is 4.74 Å². The van der Waals surface area contributed by atoms with E-state index in [1.807, 2.05) is 19.4 Å². The van der Waals surface area contributed by atoms with Crippen LogP contribution in [0.25, 0.3) is 0 Å². The fourth-order valence-electron chi connectivity index (χ4n) is 4.05. The van der Waals surface area contributed by atoms with Crippen molar-refractivity contribution >= 4 is 0 Å². The lowest BCUT2D eigenvalue weighted by atomic mass is 9.71. The minimum atomic E-state index is 0.456. The minimum Gasteiger partial charge on any atom is -0.384 e. The van der Waals surface area contributed by atoms with Crippen LogP contribution in [-0.2, 0) is 11.3 Å². The van der Waals surface area contributed by atoms with Gasteiger partial charge in [0.25, 0.3) is 0 Å². The topological polar surface area (TPSA) is 28.6 Å². The van der Waals surface area contributed by atoms with Crippen molar-refractivity contribution in [1.82, 2.24) is 14.8 Å². The van der Waals surface area contributed by atoms with Crippen molar-refractivity contribution in [3.05, 3.63) is 30.1 Å². The van der Waals surface area contributed by atoms with E-state index in [1.54, 1.807) is 0 Å². The highest BCUT2D eigenvalue weighted by molar-refractivity contribution is 5.06. The highest BCUT2D eigenvalue weighted by atomic mass is 16.5. The molecule has 2 saturated heterocycles. The van der Waals surface area contributed by atoms with Crippen LogP contribution in [-0.4, -0.2) is 61.7 Å². The number of likely N-dealkylation sites (tertiary alicyclic amines) is 2. The maximum Gasteiger partial charge on any atom is 0.0543 e. The molecular weight excluding hydrogens is 262 g/mol. The Kier molecular flexibility index (Phi) is 4.57. The molecule has 1 atom stereocenters. The number of aromatic nitrogens is 1. The van der Waals surface area contributed by atoms with Gasteiger partial charge in [-0.2, -0.15) is 0 Å². The molecule has 116 valence electrons. The van der Waals surface area contributed by atoms with Crippen LogP contribution in [0.2, 0.25) is 0 Å². The molecule has 0 bridgehead atoms. The molecule has 0 saturated carbocycles. The minimum absolute atomic E-state index is 0.456. The number of piperidine rings is 1. The summed E-state index contributed by atoms with van der Waals surface area (Å²) in [6.07, 6.45) is 4.50. The summed E-state index contributed by atoms with van der Waals surface area (Å²) in [4.78, 5) is 9.51. The first-order valence-corrected chi connectivity index (χ1v) is 8.02. The summed E-state index contributed by atoms with van der Waals surface area (Å²) < 4.78 is 5.52. The van der Waals surface area contributed by atoms with Crippen molar-refractivity contribution in [2.45, 2.75) is 19.4 Å². The lowest BCUT2D eigenvalue weighted by Crippen LogP contribution is -2.43. The smallest absolute Gasteiger partial charge is 0.0543 e. The first-order valence-electron chi connectivity index (χ1n) is 8.02. The molecule has 1 aromatic rings. The third kappa shape index (κ3) is 3.28. The molecule has 0 radical (unpaired) electrons. The van der Waals surface area contributed by atoms with Crippen LogP contribution in [0.15, 0.2) is 24.4 Å². The van der Waals surface area contributed by atoms with Crippen molar-refractivity contribution in [2.24, 2.45) is 11.3 Å².